The SMILES string of the molecule is CCCCCCCCCCCCCCCCCC(=O)O.Cc1ccc(OP(=O)(Oc2ccc(C)cc2)Oc2ccc(C)cc2)cc1. The molecule has 0 saturated carbocycles. The van der Waals surface area contributed by atoms with Crippen molar-refractivity contribution in [2.45, 2.75) is 130 Å². The first-order valence-corrected chi connectivity index (χ1v) is 18.8. The zero-order valence-corrected chi connectivity index (χ0v) is 29.6. The number of rotatable bonds is 22. The van der Waals surface area contributed by atoms with Gasteiger partial charge in [0.15, 0.2) is 0 Å². The van der Waals surface area contributed by atoms with E-state index in [1.165, 1.54) is 83.5 Å². The van der Waals surface area contributed by atoms with Crippen LogP contribution in [-0.4, -0.2) is 11.1 Å². The number of benzene rings is 3. The zero-order chi connectivity index (χ0) is 33.5. The number of phosphoric acid groups is 1. The summed E-state index contributed by atoms with van der Waals surface area (Å²) in [5.41, 5.74) is 3.23. The van der Waals surface area contributed by atoms with E-state index in [4.69, 9.17) is 18.7 Å². The Morgan fingerprint density at radius 3 is 1.02 bits per heavy atom. The quantitative estimate of drug-likeness (QED) is 0.0859. The van der Waals surface area contributed by atoms with Crippen LogP contribution in [0.3, 0.4) is 0 Å². The molecule has 0 amide bonds. The van der Waals surface area contributed by atoms with Crippen LogP contribution < -0.4 is 13.6 Å². The lowest BCUT2D eigenvalue weighted by Gasteiger charge is -2.19. The third-order valence-electron chi connectivity index (χ3n) is 7.71. The normalized spacial score (nSPS) is 11.0. The van der Waals surface area contributed by atoms with Gasteiger partial charge >= 0.3 is 13.8 Å². The van der Waals surface area contributed by atoms with Crippen molar-refractivity contribution in [1.82, 2.24) is 0 Å². The van der Waals surface area contributed by atoms with Crippen LogP contribution in [0, 0.1) is 20.8 Å². The van der Waals surface area contributed by atoms with Gasteiger partial charge in [0.05, 0.1) is 0 Å². The van der Waals surface area contributed by atoms with E-state index in [1.54, 1.807) is 36.4 Å². The van der Waals surface area contributed by atoms with E-state index in [-0.39, 0.29) is 0 Å². The molecule has 1 N–H and O–H groups in total. The van der Waals surface area contributed by atoms with Gasteiger partial charge in [-0.25, -0.2) is 0 Å². The molecule has 3 rings (SSSR count). The summed E-state index contributed by atoms with van der Waals surface area (Å²) in [7, 11) is -3.93. The molecule has 0 unspecified atom stereocenters. The Kier molecular flexibility index (Phi) is 19.6. The maximum atomic E-state index is 13.3. The molecule has 0 aliphatic rings. The second kappa shape index (κ2) is 23.1. The third kappa shape index (κ3) is 18.7. The standard InChI is InChI=1S/C21H21O4P.C18H36O2/c1-16-4-10-19(11-5-16)23-26(22,24-20-12-6-17(2)7-13-20)25-21-14-8-18(3)9-15-21;1-2-3-4-5-6-7-8-9-10-11-12-13-14-15-16-17-18(19)20/h4-15H,1-3H3;2-17H2,1H3,(H,19,20). The Bertz CT molecular complexity index is 1130. The van der Waals surface area contributed by atoms with Crippen molar-refractivity contribution in [2.75, 3.05) is 0 Å². The van der Waals surface area contributed by atoms with Crippen LogP contribution in [0.25, 0.3) is 0 Å². The van der Waals surface area contributed by atoms with Crippen molar-refractivity contribution in [3.8, 4) is 17.2 Å². The molecule has 0 aliphatic heterocycles. The highest BCUT2D eigenvalue weighted by Gasteiger charge is 2.33. The minimum Gasteiger partial charge on any atom is -0.481 e. The van der Waals surface area contributed by atoms with E-state index in [1.807, 2.05) is 57.2 Å². The van der Waals surface area contributed by atoms with E-state index in [2.05, 4.69) is 6.92 Å². The second-order valence-electron chi connectivity index (χ2n) is 12.3. The first-order chi connectivity index (χ1) is 22.2. The lowest BCUT2D eigenvalue weighted by molar-refractivity contribution is -0.137. The number of carboxylic acid groups (broad SMARTS) is 1. The molecular weight excluding hydrogens is 595 g/mol. The van der Waals surface area contributed by atoms with Crippen molar-refractivity contribution in [3.63, 3.8) is 0 Å². The molecule has 3 aromatic rings. The lowest BCUT2D eigenvalue weighted by atomic mass is 10.0. The Hall–Kier alpha value is -3.24. The third-order valence-corrected chi connectivity index (χ3v) is 9.01. The van der Waals surface area contributed by atoms with Crippen LogP contribution in [0.2, 0.25) is 0 Å². The van der Waals surface area contributed by atoms with Gasteiger partial charge in [0.2, 0.25) is 0 Å². The van der Waals surface area contributed by atoms with Gasteiger partial charge in [0, 0.05) is 6.42 Å². The first-order valence-electron chi connectivity index (χ1n) is 17.3. The predicted molar refractivity (Wildman–Crippen MR) is 190 cm³/mol. The fourth-order valence-electron chi connectivity index (χ4n) is 4.89. The number of hydrogen-bond acceptors (Lipinski definition) is 5. The van der Waals surface area contributed by atoms with E-state index < -0.39 is 13.8 Å². The average Bonchev–Trinajstić information content (AvgIpc) is 3.03. The molecule has 254 valence electrons. The van der Waals surface area contributed by atoms with Crippen molar-refractivity contribution < 1.29 is 28.0 Å². The maximum absolute atomic E-state index is 13.3. The fraction of sp³-hybridized carbons (Fsp3) is 0.513. The van der Waals surface area contributed by atoms with Crippen molar-refractivity contribution in [1.29, 1.82) is 0 Å². The Labute approximate surface area is 278 Å². The van der Waals surface area contributed by atoms with Crippen LogP contribution in [0.5, 0.6) is 17.2 Å². The summed E-state index contributed by atoms with van der Waals surface area (Å²) in [5.74, 6) is 0.592. The molecule has 0 radical (unpaired) electrons. The number of phosphoric ester groups is 1. The van der Waals surface area contributed by atoms with E-state index in [0.717, 1.165) is 29.5 Å². The minimum absolute atomic E-state index is 0.345. The molecule has 0 aromatic heterocycles. The summed E-state index contributed by atoms with van der Waals surface area (Å²) in [6, 6.07) is 21.6. The maximum Gasteiger partial charge on any atom is 0.647 e. The smallest absolute Gasteiger partial charge is 0.481 e. The molecule has 0 fully saturated rings. The number of carboxylic acids is 1. The lowest BCUT2D eigenvalue weighted by Crippen LogP contribution is -2.07. The summed E-state index contributed by atoms with van der Waals surface area (Å²) >= 11 is 0. The fourth-order valence-corrected chi connectivity index (χ4v) is 6.14. The van der Waals surface area contributed by atoms with Crippen molar-refractivity contribution >= 4 is 13.8 Å². The summed E-state index contributed by atoms with van der Waals surface area (Å²) in [6.07, 6.45) is 20.2. The molecule has 0 spiro atoms. The molecule has 7 heteroatoms. The summed E-state index contributed by atoms with van der Waals surface area (Å²) in [6.45, 7) is 8.17. The number of carbonyl (C=O) groups is 1. The number of aliphatic carboxylic acids is 1. The van der Waals surface area contributed by atoms with Crippen molar-refractivity contribution in [3.05, 3.63) is 89.5 Å². The van der Waals surface area contributed by atoms with Gasteiger partial charge in [-0.2, -0.15) is 4.57 Å². The van der Waals surface area contributed by atoms with Crippen molar-refractivity contribution in [2.24, 2.45) is 0 Å². The highest BCUT2D eigenvalue weighted by Crippen LogP contribution is 2.49. The van der Waals surface area contributed by atoms with Crippen LogP contribution in [0.15, 0.2) is 72.8 Å². The molecule has 3 aromatic carbocycles. The summed E-state index contributed by atoms with van der Waals surface area (Å²) in [5, 5.41) is 8.52. The molecular formula is C39H57O6P. The number of aryl methyl sites for hydroxylation is 3. The largest absolute Gasteiger partial charge is 0.647 e. The molecule has 0 bridgehead atoms. The van der Waals surface area contributed by atoms with E-state index in [9.17, 15) is 9.36 Å². The number of hydrogen-bond donors (Lipinski definition) is 1. The highest BCUT2D eigenvalue weighted by atomic mass is 31.2. The summed E-state index contributed by atoms with van der Waals surface area (Å²) in [4.78, 5) is 10.3. The van der Waals surface area contributed by atoms with Gasteiger partial charge in [0.1, 0.15) is 17.2 Å². The van der Waals surface area contributed by atoms with Crippen LogP contribution in [-0.2, 0) is 9.36 Å². The van der Waals surface area contributed by atoms with E-state index >= 15 is 0 Å². The molecule has 0 saturated heterocycles. The second-order valence-corrected chi connectivity index (χ2v) is 13.7. The van der Waals surface area contributed by atoms with Gasteiger partial charge in [-0.1, -0.05) is 150 Å². The Morgan fingerprint density at radius 2 is 0.761 bits per heavy atom. The minimum atomic E-state index is -3.93. The molecule has 0 atom stereocenters. The summed E-state index contributed by atoms with van der Waals surface area (Å²) < 4.78 is 30.2. The Morgan fingerprint density at radius 1 is 0.500 bits per heavy atom. The molecule has 0 heterocycles. The van der Waals surface area contributed by atoms with Gasteiger partial charge in [-0.15, -0.1) is 0 Å². The number of unbranched alkanes of at least 4 members (excludes halogenated alkanes) is 14. The first kappa shape index (κ1) is 38.9. The molecule has 6 nitrogen and oxygen atoms in total. The monoisotopic (exact) mass is 652 g/mol. The van der Waals surface area contributed by atoms with E-state index in [0.29, 0.717) is 23.7 Å². The van der Waals surface area contributed by atoms with Gasteiger partial charge < -0.3 is 18.7 Å². The Balaban J connectivity index is 0.000000334. The van der Waals surface area contributed by atoms with Gasteiger partial charge in [0.25, 0.3) is 0 Å². The average molecular weight is 653 g/mol. The van der Waals surface area contributed by atoms with Gasteiger partial charge in [-0.3, -0.25) is 4.79 Å². The zero-order valence-electron chi connectivity index (χ0n) is 28.7. The molecule has 0 aliphatic carbocycles. The predicted octanol–water partition coefficient (Wildman–Crippen LogP) is 12.6. The topological polar surface area (TPSA) is 82.1 Å². The van der Waals surface area contributed by atoms with Gasteiger partial charge in [-0.05, 0) is 63.6 Å². The van der Waals surface area contributed by atoms with Crippen LogP contribution in [0.1, 0.15) is 126 Å². The molecule has 46 heavy (non-hydrogen) atoms. The highest BCUT2D eigenvalue weighted by molar-refractivity contribution is 7.49. The van der Waals surface area contributed by atoms with Crippen LogP contribution in [0.4, 0.5) is 0 Å². The van der Waals surface area contributed by atoms with Crippen LogP contribution >= 0.6 is 7.82 Å².